The highest BCUT2D eigenvalue weighted by atomic mass is 35.5. The summed E-state index contributed by atoms with van der Waals surface area (Å²) in [5.41, 5.74) is 3.54. The number of carbonyl (C=O) groups excluding carboxylic acids is 1. The molecule has 0 aliphatic rings. The van der Waals surface area contributed by atoms with Crippen LogP contribution in [-0.4, -0.2) is 22.8 Å². The van der Waals surface area contributed by atoms with E-state index in [0.29, 0.717) is 29.6 Å². The van der Waals surface area contributed by atoms with Crippen molar-refractivity contribution in [2.75, 3.05) is 12.4 Å². The van der Waals surface area contributed by atoms with Crippen molar-refractivity contribution in [3.63, 3.8) is 0 Å². The lowest BCUT2D eigenvalue weighted by atomic mass is 10.1. The maximum Gasteiger partial charge on any atom is 0.256 e. The Labute approximate surface area is 197 Å². The van der Waals surface area contributed by atoms with E-state index in [1.165, 1.54) is 0 Å². The average molecular weight is 462 g/mol. The summed E-state index contributed by atoms with van der Waals surface area (Å²) in [7, 11) is 1.63. The van der Waals surface area contributed by atoms with Crippen LogP contribution in [0.15, 0.2) is 78.9 Å². The van der Waals surface area contributed by atoms with Crippen molar-refractivity contribution in [1.29, 1.82) is 0 Å². The molecule has 3 aromatic carbocycles. The van der Waals surface area contributed by atoms with Crippen molar-refractivity contribution >= 4 is 23.3 Å². The number of anilines is 1. The molecule has 168 valence electrons. The molecule has 1 amide bonds. The Bertz CT molecular complexity index is 1220. The number of halogens is 1. The van der Waals surface area contributed by atoms with Crippen molar-refractivity contribution in [1.82, 2.24) is 9.78 Å². The van der Waals surface area contributed by atoms with E-state index in [-0.39, 0.29) is 5.91 Å². The van der Waals surface area contributed by atoms with Crippen LogP contribution in [0.1, 0.15) is 27.2 Å². The molecule has 1 aromatic heterocycles. The van der Waals surface area contributed by atoms with Gasteiger partial charge in [0.05, 0.1) is 13.7 Å². The first kappa shape index (κ1) is 22.4. The Kier molecular flexibility index (Phi) is 6.95. The first-order chi connectivity index (χ1) is 16.0. The van der Waals surface area contributed by atoms with Gasteiger partial charge in [-0.05, 0) is 66.6 Å². The molecular formula is C26H24ClN3O3. The number of aromatic nitrogens is 2. The maximum atomic E-state index is 12.7. The maximum absolute atomic E-state index is 12.7. The van der Waals surface area contributed by atoms with Crippen molar-refractivity contribution in [2.24, 2.45) is 0 Å². The van der Waals surface area contributed by atoms with Gasteiger partial charge in [-0.25, -0.2) is 0 Å². The van der Waals surface area contributed by atoms with Crippen molar-refractivity contribution in [3.05, 3.63) is 106 Å². The standard InChI is InChI=1S/C26H24ClN3O3/c1-18-15-25(29-30(18)16-19-5-9-22(27)10-6-19)28-26(31)21-7-3-20(4-8-21)17-33-24-13-11-23(32-2)12-14-24/h3-15H,16-17H2,1-2H3,(H,28,29,31). The van der Waals surface area contributed by atoms with E-state index in [0.717, 1.165) is 28.3 Å². The minimum Gasteiger partial charge on any atom is -0.497 e. The van der Waals surface area contributed by atoms with Gasteiger partial charge in [-0.1, -0.05) is 35.9 Å². The summed E-state index contributed by atoms with van der Waals surface area (Å²) < 4.78 is 12.8. The van der Waals surface area contributed by atoms with Crippen LogP contribution in [0.4, 0.5) is 5.82 Å². The zero-order valence-corrected chi connectivity index (χ0v) is 19.2. The molecule has 7 heteroatoms. The first-order valence-corrected chi connectivity index (χ1v) is 10.8. The quantitative estimate of drug-likeness (QED) is 0.363. The molecule has 0 aliphatic carbocycles. The highest BCUT2D eigenvalue weighted by molar-refractivity contribution is 6.30. The first-order valence-electron chi connectivity index (χ1n) is 10.5. The van der Waals surface area contributed by atoms with Gasteiger partial charge in [0.25, 0.3) is 5.91 Å². The molecule has 0 spiro atoms. The predicted octanol–water partition coefficient (Wildman–Crippen LogP) is 5.73. The lowest BCUT2D eigenvalue weighted by Crippen LogP contribution is -2.13. The fourth-order valence-electron chi connectivity index (χ4n) is 3.27. The Morgan fingerprint density at radius 1 is 0.939 bits per heavy atom. The highest BCUT2D eigenvalue weighted by Crippen LogP contribution is 2.19. The van der Waals surface area contributed by atoms with Gasteiger partial charge >= 0.3 is 0 Å². The fourth-order valence-corrected chi connectivity index (χ4v) is 3.40. The number of nitrogens with one attached hydrogen (secondary N) is 1. The van der Waals surface area contributed by atoms with Gasteiger partial charge < -0.3 is 14.8 Å². The van der Waals surface area contributed by atoms with Gasteiger partial charge in [-0.3, -0.25) is 9.48 Å². The number of methoxy groups -OCH3 is 1. The molecule has 0 saturated carbocycles. The number of hydrogen-bond donors (Lipinski definition) is 1. The smallest absolute Gasteiger partial charge is 0.256 e. The Morgan fingerprint density at radius 2 is 1.58 bits per heavy atom. The molecule has 0 bridgehead atoms. The average Bonchev–Trinajstić information content (AvgIpc) is 3.18. The Morgan fingerprint density at radius 3 is 2.24 bits per heavy atom. The molecule has 1 heterocycles. The number of benzene rings is 3. The molecule has 0 aliphatic heterocycles. The third-order valence-corrected chi connectivity index (χ3v) is 5.40. The minimum atomic E-state index is -0.214. The number of aryl methyl sites for hydroxylation is 1. The zero-order valence-electron chi connectivity index (χ0n) is 18.4. The van der Waals surface area contributed by atoms with E-state index in [4.69, 9.17) is 21.1 Å². The van der Waals surface area contributed by atoms with Crippen LogP contribution < -0.4 is 14.8 Å². The van der Waals surface area contributed by atoms with Crippen molar-refractivity contribution in [3.8, 4) is 11.5 Å². The predicted molar refractivity (Wildman–Crippen MR) is 129 cm³/mol. The van der Waals surface area contributed by atoms with Gasteiger partial charge in [0, 0.05) is 22.3 Å². The molecule has 0 fully saturated rings. The number of hydrogen-bond acceptors (Lipinski definition) is 4. The van der Waals surface area contributed by atoms with E-state index >= 15 is 0 Å². The Hall–Kier alpha value is -3.77. The largest absolute Gasteiger partial charge is 0.497 e. The summed E-state index contributed by atoms with van der Waals surface area (Å²) in [5.74, 6) is 1.83. The summed E-state index contributed by atoms with van der Waals surface area (Å²) in [4.78, 5) is 12.7. The summed E-state index contributed by atoms with van der Waals surface area (Å²) in [6.45, 7) is 2.96. The molecule has 0 saturated heterocycles. The lowest BCUT2D eigenvalue weighted by Gasteiger charge is -2.08. The number of nitrogens with zero attached hydrogens (tertiary/aromatic N) is 2. The summed E-state index contributed by atoms with van der Waals surface area (Å²) in [6.07, 6.45) is 0. The monoisotopic (exact) mass is 461 g/mol. The molecule has 6 nitrogen and oxygen atoms in total. The van der Waals surface area contributed by atoms with Crippen molar-refractivity contribution in [2.45, 2.75) is 20.1 Å². The second-order valence-electron chi connectivity index (χ2n) is 7.57. The minimum absolute atomic E-state index is 0.214. The number of rotatable bonds is 8. The van der Waals surface area contributed by atoms with Crippen molar-refractivity contribution < 1.29 is 14.3 Å². The normalized spacial score (nSPS) is 10.6. The van der Waals surface area contributed by atoms with Gasteiger partial charge in [-0.2, -0.15) is 5.10 Å². The van der Waals surface area contributed by atoms with Crippen LogP contribution in [0.5, 0.6) is 11.5 Å². The van der Waals surface area contributed by atoms with E-state index in [1.807, 2.05) is 78.3 Å². The van der Waals surface area contributed by atoms with E-state index in [1.54, 1.807) is 19.2 Å². The zero-order chi connectivity index (χ0) is 23.2. The molecular weight excluding hydrogens is 438 g/mol. The molecule has 1 N–H and O–H groups in total. The molecule has 0 radical (unpaired) electrons. The molecule has 0 atom stereocenters. The third-order valence-electron chi connectivity index (χ3n) is 5.15. The lowest BCUT2D eigenvalue weighted by molar-refractivity contribution is 0.102. The summed E-state index contributed by atoms with van der Waals surface area (Å²) in [6, 6.07) is 24.2. The van der Waals surface area contributed by atoms with Crippen LogP contribution in [0.2, 0.25) is 5.02 Å². The summed E-state index contributed by atoms with van der Waals surface area (Å²) >= 11 is 5.95. The molecule has 4 aromatic rings. The van der Waals surface area contributed by atoms with Gasteiger partial charge in [-0.15, -0.1) is 0 Å². The van der Waals surface area contributed by atoms with E-state index in [2.05, 4.69) is 10.4 Å². The van der Waals surface area contributed by atoms with Crippen LogP contribution in [-0.2, 0) is 13.2 Å². The molecule has 0 unspecified atom stereocenters. The molecule has 4 rings (SSSR count). The topological polar surface area (TPSA) is 65.4 Å². The van der Waals surface area contributed by atoms with E-state index in [9.17, 15) is 4.79 Å². The SMILES string of the molecule is COc1ccc(OCc2ccc(C(=O)Nc3cc(C)n(Cc4ccc(Cl)cc4)n3)cc2)cc1. The third kappa shape index (κ3) is 5.93. The second-order valence-corrected chi connectivity index (χ2v) is 8.01. The van der Waals surface area contributed by atoms with Gasteiger partial charge in [0.15, 0.2) is 5.82 Å². The molecule has 33 heavy (non-hydrogen) atoms. The summed E-state index contributed by atoms with van der Waals surface area (Å²) in [5, 5.41) is 8.07. The van der Waals surface area contributed by atoms with Crippen LogP contribution in [0.3, 0.4) is 0 Å². The van der Waals surface area contributed by atoms with Crippen LogP contribution in [0, 0.1) is 6.92 Å². The fraction of sp³-hybridized carbons (Fsp3) is 0.154. The number of carbonyl (C=O) groups is 1. The second kappa shape index (κ2) is 10.2. The number of amides is 1. The highest BCUT2D eigenvalue weighted by Gasteiger charge is 2.11. The number of ether oxygens (including phenoxy) is 2. The van der Waals surface area contributed by atoms with Crippen LogP contribution >= 0.6 is 11.6 Å². The van der Waals surface area contributed by atoms with Gasteiger partial charge in [0.1, 0.15) is 18.1 Å². The Balaban J connectivity index is 1.34. The van der Waals surface area contributed by atoms with Crippen LogP contribution in [0.25, 0.3) is 0 Å². The van der Waals surface area contributed by atoms with Gasteiger partial charge in [0.2, 0.25) is 0 Å². The van der Waals surface area contributed by atoms with E-state index < -0.39 is 0 Å².